The first-order chi connectivity index (χ1) is 8.84. The predicted octanol–water partition coefficient (Wildman–Crippen LogP) is 3.25. The molecule has 18 heavy (non-hydrogen) atoms. The molecule has 2 aromatic rings. The van der Waals surface area contributed by atoms with Crippen LogP contribution in [-0.2, 0) is 11.3 Å². The van der Waals surface area contributed by atoms with Gasteiger partial charge in [-0.15, -0.1) is 0 Å². The zero-order valence-corrected chi connectivity index (χ0v) is 11.0. The van der Waals surface area contributed by atoms with E-state index in [1.807, 2.05) is 12.3 Å². The zero-order chi connectivity index (χ0) is 12.4. The molecule has 2 heterocycles. The van der Waals surface area contributed by atoms with E-state index in [0.29, 0.717) is 5.92 Å². The molecule has 1 unspecified atom stereocenters. The maximum atomic E-state index is 5.43. The number of hydrogen-bond donors (Lipinski definition) is 1. The summed E-state index contributed by atoms with van der Waals surface area (Å²) in [6, 6.07) is 10.3. The van der Waals surface area contributed by atoms with Gasteiger partial charge in [0.15, 0.2) is 4.77 Å². The Labute approximate surface area is 111 Å². The van der Waals surface area contributed by atoms with Gasteiger partial charge in [0.1, 0.15) is 0 Å². The fourth-order valence-corrected chi connectivity index (χ4v) is 2.64. The normalized spacial score (nSPS) is 19.2. The molecule has 1 atom stereocenters. The van der Waals surface area contributed by atoms with Crippen LogP contribution >= 0.6 is 12.2 Å². The second-order valence-corrected chi connectivity index (χ2v) is 5.07. The zero-order valence-electron chi connectivity index (χ0n) is 10.1. The minimum atomic E-state index is 0.579. The number of nitrogens with one attached hydrogen (secondary N) is 1. The first kappa shape index (κ1) is 11.7. The molecule has 1 aromatic heterocycles. The van der Waals surface area contributed by atoms with Gasteiger partial charge in [0.2, 0.25) is 0 Å². The van der Waals surface area contributed by atoms with Crippen LogP contribution in [-0.4, -0.2) is 22.8 Å². The number of aromatic amines is 1. The Kier molecular flexibility index (Phi) is 3.30. The number of H-pyrrole nitrogens is 1. The molecule has 0 spiro atoms. The Morgan fingerprint density at radius 2 is 2.17 bits per heavy atom. The number of nitrogens with zero attached hydrogens (tertiary/aromatic N) is 1. The van der Waals surface area contributed by atoms with E-state index in [0.717, 1.165) is 36.6 Å². The van der Waals surface area contributed by atoms with Gasteiger partial charge in [0, 0.05) is 25.3 Å². The largest absolute Gasteiger partial charge is 0.381 e. The summed E-state index contributed by atoms with van der Waals surface area (Å²) < 4.78 is 8.41. The lowest BCUT2D eigenvalue weighted by Crippen LogP contribution is -2.11. The van der Waals surface area contributed by atoms with Crippen molar-refractivity contribution in [3.8, 4) is 11.3 Å². The van der Waals surface area contributed by atoms with Gasteiger partial charge < -0.3 is 14.3 Å². The van der Waals surface area contributed by atoms with Crippen molar-refractivity contribution in [3.05, 3.63) is 41.3 Å². The van der Waals surface area contributed by atoms with Gasteiger partial charge >= 0.3 is 0 Å². The number of aromatic nitrogens is 2. The van der Waals surface area contributed by atoms with Crippen molar-refractivity contribution in [1.82, 2.24) is 9.55 Å². The van der Waals surface area contributed by atoms with Crippen LogP contribution < -0.4 is 0 Å². The van der Waals surface area contributed by atoms with Gasteiger partial charge in [-0.2, -0.15) is 0 Å². The number of rotatable bonds is 3. The minimum absolute atomic E-state index is 0.579. The van der Waals surface area contributed by atoms with E-state index < -0.39 is 0 Å². The second kappa shape index (κ2) is 5.08. The fourth-order valence-electron chi connectivity index (χ4n) is 2.41. The van der Waals surface area contributed by atoms with Crippen molar-refractivity contribution in [2.45, 2.75) is 13.0 Å². The molecule has 4 heteroatoms. The predicted molar refractivity (Wildman–Crippen MR) is 74.0 cm³/mol. The Hall–Kier alpha value is -1.39. The molecular formula is C14H16N2OS. The molecule has 1 aromatic carbocycles. The Morgan fingerprint density at radius 3 is 2.89 bits per heavy atom. The van der Waals surface area contributed by atoms with E-state index in [2.05, 4.69) is 33.8 Å². The molecular weight excluding hydrogens is 244 g/mol. The topological polar surface area (TPSA) is 29.9 Å². The molecule has 3 rings (SSSR count). The average molecular weight is 260 g/mol. The van der Waals surface area contributed by atoms with Crippen LogP contribution in [0.25, 0.3) is 11.3 Å². The molecule has 1 aliphatic rings. The highest BCUT2D eigenvalue weighted by molar-refractivity contribution is 7.71. The molecule has 0 radical (unpaired) electrons. The molecule has 1 fully saturated rings. The van der Waals surface area contributed by atoms with Gasteiger partial charge in [-0.1, -0.05) is 30.3 Å². The van der Waals surface area contributed by atoms with Crippen LogP contribution in [0.15, 0.2) is 36.5 Å². The van der Waals surface area contributed by atoms with E-state index in [1.165, 1.54) is 5.56 Å². The molecule has 3 nitrogen and oxygen atoms in total. The molecule has 1 aliphatic heterocycles. The quantitative estimate of drug-likeness (QED) is 0.859. The van der Waals surface area contributed by atoms with E-state index >= 15 is 0 Å². The van der Waals surface area contributed by atoms with Gasteiger partial charge in [0.25, 0.3) is 0 Å². The van der Waals surface area contributed by atoms with E-state index in [1.54, 1.807) is 0 Å². The van der Waals surface area contributed by atoms with Gasteiger partial charge in [0.05, 0.1) is 12.3 Å². The third-order valence-electron chi connectivity index (χ3n) is 3.40. The first-order valence-corrected chi connectivity index (χ1v) is 6.67. The summed E-state index contributed by atoms with van der Waals surface area (Å²) in [6.45, 7) is 2.66. The van der Waals surface area contributed by atoms with Gasteiger partial charge in [-0.05, 0) is 24.2 Å². The van der Waals surface area contributed by atoms with Crippen molar-refractivity contribution >= 4 is 12.2 Å². The van der Waals surface area contributed by atoms with Gasteiger partial charge in [-0.3, -0.25) is 0 Å². The van der Waals surface area contributed by atoms with Crippen molar-refractivity contribution in [2.75, 3.05) is 13.2 Å². The summed E-state index contributed by atoms with van der Waals surface area (Å²) in [5.74, 6) is 0.579. The number of imidazole rings is 1. The Balaban J connectivity index is 1.93. The van der Waals surface area contributed by atoms with Crippen molar-refractivity contribution in [1.29, 1.82) is 0 Å². The number of benzene rings is 1. The van der Waals surface area contributed by atoms with Crippen LogP contribution in [0.3, 0.4) is 0 Å². The summed E-state index contributed by atoms with van der Waals surface area (Å²) in [6.07, 6.45) is 3.12. The lowest BCUT2D eigenvalue weighted by molar-refractivity contribution is 0.182. The highest BCUT2D eigenvalue weighted by atomic mass is 32.1. The highest BCUT2D eigenvalue weighted by Crippen LogP contribution is 2.22. The molecule has 94 valence electrons. The molecule has 0 bridgehead atoms. The van der Waals surface area contributed by atoms with Gasteiger partial charge in [-0.25, -0.2) is 0 Å². The Bertz CT molecular complexity index is 567. The third kappa shape index (κ3) is 2.26. The lowest BCUT2D eigenvalue weighted by Gasteiger charge is -2.12. The monoisotopic (exact) mass is 260 g/mol. The highest BCUT2D eigenvalue weighted by Gasteiger charge is 2.18. The number of ether oxygens (including phenoxy) is 1. The fraction of sp³-hybridized carbons (Fsp3) is 0.357. The summed E-state index contributed by atoms with van der Waals surface area (Å²) in [4.78, 5) is 3.15. The smallest absolute Gasteiger partial charge is 0.177 e. The van der Waals surface area contributed by atoms with Crippen LogP contribution in [0.5, 0.6) is 0 Å². The maximum Gasteiger partial charge on any atom is 0.177 e. The van der Waals surface area contributed by atoms with Crippen LogP contribution in [0.1, 0.15) is 6.42 Å². The van der Waals surface area contributed by atoms with Crippen molar-refractivity contribution in [3.63, 3.8) is 0 Å². The van der Waals surface area contributed by atoms with Crippen molar-refractivity contribution in [2.24, 2.45) is 5.92 Å². The summed E-state index contributed by atoms with van der Waals surface area (Å²) in [5.41, 5.74) is 2.36. The molecule has 0 aliphatic carbocycles. The van der Waals surface area contributed by atoms with E-state index in [4.69, 9.17) is 17.0 Å². The van der Waals surface area contributed by atoms with E-state index in [-0.39, 0.29) is 0 Å². The number of hydrogen-bond acceptors (Lipinski definition) is 2. The minimum Gasteiger partial charge on any atom is -0.381 e. The van der Waals surface area contributed by atoms with Crippen LogP contribution in [0, 0.1) is 10.7 Å². The summed E-state index contributed by atoms with van der Waals surface area (Å²) in [5, 5.41) is 0. The van der Waals surface area contributed by atoms with Crippen LogP contribution in [0.2, 0.25) is 0 Å². The third-order valence-corrected chi connectivity index (χ3v) is 3.74. The first-order valence-electron chi connectivity index (χ1n) is 6.26. The average Bonchev–Trinajstić information content (AvgIpc) is 3.03. The lowest BCUT2D eigenvalue weighted by atomic mass is 10.1. The molecule has 0 saturated carbocycles. The maximum absolute atomic E-state index is 5.43. The second-order valence-electron chi connectivity index (χ2n) is 4.69. The SMILES string of the molecule is S=c1[nH]cc(-c2ccccc2)n1CC1CCOC1. The Morgan fingerprint density at radius 1 is 1.33 bits per heavy atom. The molecule has 1 saturated heterocycles. The molecule has 0 amide bonds. The van der Waals surface area contributed by atoms with Crippen molar-refractivity contribution < 1.29 is 4.74 Å². The van der Waals surface area contributed by atoms with Crippen LogP contribution in [0.4, 0.5) is 0 Å². The molecule has 1 N–H and O–H groups in total. The van der Waals surface area contributed by atoms with E-state index in [9.17, 15) is 0 Å². The summed E-state index contributed by atoms with van der Waals surface area (Å²) in [7, 11) is 0. The summed E-state index contributed by atoms with van der Waals surface area (Å²) >= 11 is 5.37. The standard InChI is InChI=1S/C14H16N2OS/c18-14-15-8-13(12-4-2-1-3-5-12)16(14)9-11-6-7-17-10-11/h1-5,8,11H,6-7,9-10H2,(H,15,18).